The monoisotopic (exact) mass is 455 g/mol. The van der Waals surface area contributed by atoms with Crippen LogP contribution >= 0.6 is 11.6 Å². The molecule has 0 aliphatic carbocycles. The van der Waals surface area contributed by atoms with Gasteiger partial charge in [-0.2, -0.15) is 0 Å². The van der Waals surface area contributed by atoms with E-state index in [1.54, 1.807) is 23.1 Å². The molecule has 0 radical (unpaired) electrons. The highest BCUT2D eigenvalue weighted by atomic mass is 35.5. The molecule has 1 heterocycles. The lowest BCUT2D eigenvalue weighted by Gasteiger charge is -2.25. The van der Waals surface area contributed by atoms with E-state index in [1.807, 2.05) is 38.1 Å². The minimum absolute atomic E-state index is 0.0909. The first-order valence-electron chi connectivity index (χ1n) is 11.1. The minimum Gasteiger partial charge on any atom is -0.507 e. The van der Waals surface area contributed by atoms with Crippen molar-refractivity contribution in [1.29, 1.82) is 0 Å². The smallest absolute Gasteiger partial charge is 0.295 e. The summed E-state index contributed by atoms with van der Waals surface area (Å²) in [6.45, 7) is 8.94. The van der Waals surface area contributed by atoms with Gasteiger partial charge in [0.25, 0.3) is 11.7 Å². The summed E-state index contributed by atoms with van der Waals surface area (Å²) in [6, 6.07) is 12.1. The van der Waals surface area contributed by atoms with Gasteiger partial charge >= 0.3 is 0 Å². The van der Waals surface area contributed by atoms with E-state index >= 15 is 0 Å². The number of amides is 1. The average molecular weight is 456 g/mol. The first-order valence-corrected chi connectivity index (χ1v) is 11.5. The molecular weight excluding hydrogens is 426 g/mol. The van der Waals surface area contributed by atoms with Gasteiger partial charge in [-0.1, -0.05) is 63.1 Å². The predicted octanol–water partition coefficient (Wildman–Crippen LogP) is 6.08. The molecule has 1 saturated heterocycles. The molecule has 170 valence electrons. The second-order valence-corrected chi connectivity index (χ2v) is 8.65. The molecule has 0 saturated carbocycles. The van der Waals surface area contributed by atoms with E-state index in [9.17, 15) is 14.7 Å². The van der Waals surface area contributed by atoms with E-state index in [4.69, 9.17) is 16.3 Å². The Morgan fingerprint density at radius 2 is 1.81 bits per heavy atom. The van der Waals surface area contributed by atoms with Crippen molar-refractivity contribution in [3.63, 3.8) is 0 Å². The summed E-state index contributed by atoms with van der Waals surface area (Å²) in [5.41, 5.74) is 2.44. The van der Waals surface area contributed by atoms with Crippen LogP contribution in [0.5, 0.6) is 5.75 Å². The molecule has 32 heavy (non-hydrogen) atoms. The van der Waals surface area contributed by atoms with Gasteiger partial charge in [-0.15, -0.1) is 0 Å². The highest BCUT2D eigenvalue weighted by Crippen LogP contribution is 2.40. The van der Waals surface area contributed by atoms with Crippen molar-refractivity contribution < 1.29 is 19.4 Å². The Labute approximate surface area is 194 Å². The van der Waals surface area contributed by atoms with Crippen LogP contribution in [0.25, 0.3) is 5.76 Å². The molecule has 1 unspecified atom stereocenters. The van der Waals surface area contributed by atoms with Crippen molar-refractivity contribution in [2.75, 3.05) is 13.2 Å². The predicted molar refractivity (Wildman–Crippen MR) is 127 cm³/mol. The number of nitrogens with zero attached hydrogens (tertiary/aromatic N) is 1. The van der Waals surface area contributed by atoms with E-state index in [-0.39, 0.29) is 11.3 Å². The van der Waals surface area contributed by atoms with E-state index in [1.165, 1.54) is 5.56 Å². The molecule has 1 amide bonds. The fourth-order valence-electron chi connectivity index (χ4n) is 3.92. The minimum atomic E-state index is -0.676. The molecule has 0 spiro atoms. The second kappa shape index (κ2) is 10.2. The maximum atomic E-state index is 13.1. The van der Waals surface area contributed by atoms with Gasteiger partial charge in [0, 0.05) is 12.1 Å². The Morgan fingerprint density at radius 1 is 1.12 bits per heavy atom. The zero-order valence-corrected chi connectivity index (χ0v) is 19.8. The number of benzene rings is 2. The normalized spacial score (nSPS) is 17.9. The van der Waals surface area contributed by atoms with Crippen LogP contribution in [0.4, 0.5) is 0 Å². The number of aliphatic hydroxyl groups excluding tert-OH is 1. The van der Waals surface area contributed by atoms with Crippen LogP contribution in [-0.4, -0.2) is 34.8 Å². The average Bonchev–Trinajstić information content (AvgIpc) is 3.03. The first kappa shape index (κ1) is 23.9. The van der Waals surface area contributed by atoms with Crippen molar-refractivity contribution in [3.8, 4) is 5.75 Å². The van der Waals surface area contributed by atoms with Gasteiger partial charge in [-0.05, 0) is 48.6 Å². The topological polar surface area (TPSA) is 66.8 Å². The van der Waals surface area contributed by atoms with E-state index < -0.39 is 17.7 Å². The number of ether oxygens (including phenoxy) is 1. The highest BCUT2D eigenvalue weighted by molar-refractivity contribution is 6.46. The maximum Gasteiger partial charge on any atom is 0.295 e. The summed E-state index contributed by atoms with van der Waals surface area (Å²) in [6.07, 6.45) is 1.65. The Bertz CT molecular complexity index is 1030. The number of Topliss-reactive ketones (excluding diaryl/α,β-unsaturated/α-hetero) is 1. The highest BCUT2D eigenvalue weighted by Gasteiger charge is 2.45. The summed E-state index contributed by atoms with van der Waals surface area (Å²) < 4.78 is 5.53. The molecule has 1 aliphatic heterocycles. The van der Waals surface area contributed by atoms with Gasteiger partial charge in [-0.25, -0.2) is 0 Å². The van der Waals surface area contributed by atoms with Crippen LogP contribution in [-0.2, 0) is 9.59 Å². The molecule has 1 atom stereocenters. The summed E-state index contributed by atoms with van der Waals surface area (Å²) in [4.78, 5) is 27.6. The number of likely N-dealkylation sites (tertiary alicyclic amines) is 1. The van der Waals surface area contributed by atoms with Crippen LogP contribution in [0.2, 0.25) is 5.02 Å². The summed E-state index contributed by atoms with van der Waals surface area (Å²) in [5.74, 6) is -0.711. The number of aliphatic hydroxyl groups is 1. The molecule has 6 heteroatoms. The third-order valence-corrected chi connectivity index (χ3v) is 6.03. The van der Waals surface area contributed by atoms with Gasteiger partial charge in [0.1, 0.15) is 11.5 Å². The fraction of sp³-hybridized carbons (Fsp3) is 0.385. The van der Waals surface area contributed by atoms with Crippen LogP contribution in [0.1, 0.15) is 69.2 Å². The van der Waals surface area contributed by atoms with Crippen LogP contribution < -0.4 is 4.74 Å². The van der Waals surface area contributed by atoms with Crippen molar-refractivity contribution in [1.82, 2.24) is 4.90 Å². The molecule has 2 aromatic carbocycles. The van der Waals surface area contributed by atoms with Crippen molar-refractivity contribution >= 4 is 29.1 Å². The molecule has 0 aromatic heterocycles. The molecular formula is C26H30ClNO4. The lowest BCUT2D eigenvalue weighted by atomic mass is 9.93. The van der Waals surface area contributed by atoms with Crippen LogP contribution in [0, 0.1) is 0 Å². The Hall–Kier alpha value is -2.79. The number of halogens is 1. The first-order chi connectivity index (χ1) is 15.3. The number of carbonyl (C=O) groups excluding carboxylic acids is 2. The van der Waals surface area contributed by atoms with Crippen molar-refractivity contribution in [3.05, 3.63) is 69.8 Å². The quantitative estimate of drug-likeness (QED) is 0.297. The van der Waals surface area contributed by atoms with Gasteiger partial charge in [-0.3, -0.25) is 9.59 Å². The van der Waals surface area contributed by atoms with Crippen molar-refractivity contribution in [2.24, 2.45) is 0 Å². The number of rotatable bonds is 8. The molecule has 1 aliphatic rings. The second-order valence-electron chi connectivity index (χ2n) is 8.25. The Morgan fingerprint density at radius 3 is 2.41 bits per heavy atom. The third-order valence-electron chi connectivity index (χ3n) is 5.72. The fourth-order valence-corrected chi connectivity index (χ4v) is 4.09. The van der Waals surface area contributed by atoms with E-state index in [0.29, 0.717) is 35.4 Å². The lowest BCUT2D eigenvalue weighted by molar-refractivity contribution is -0.139. The van der Waals surface area contributed by atoms with Gasteiger partial charge in [0.2, 0.25) is 0 Å². The number of carbonyl (C=O) groups is 2. The zero-order chi connectivity index (χ0) is 23.4. The summed E-state index contributed by atoms with van der Waals surface area (Å²) >= 11 is 6.18. The molecule has 3 rings (SSSR count). The molecule has 0 bridgehead atoms. The van der Waals surface area contributed by atoms with Crippen molar-refractivity contribution in [2.45, 2.75) is 52.5 Å². The standard InChI is InChI=1S/C26H30ClNO4/c1-5-7-14-28-23(18-10-8-17(9-11-18)16(3)4)22(25(30)26(28)31)24(29)19-12-13-20(27)21(15-19)32-6-2/h8-13,15-16,23,29H,5-7,14H2,1-4H3/b24-22-. The number of ketones is 1. The number of hydrogen-bond donors (Lipinski definition) is 1. The molecule has 5 nitrogen and oxygen atoms in total. The third kappa shape index (κ3) is 4.68. The Balaban J connectivity index is 2.14. The zero-order valence-electron chi connectivity index (χ0n) is 19.0. The van der Waals surface area contributed by atoms with Crippen LogP contribution in [0.15, 0.2) is 48.0 Å². The van der Waals surface area contributed by atoms with Crippen LogP contribution in [0.3, 0.4) is 0 Å². The van der Waals surface area contributed by atoms with Gasteiger partial charge in [0.05, 0.1) is 23.2 Å². The summed E-state index contributed by atoms with van der Waals surface area (Å²) in [7, 11) is 0. The van der Waals surface area contributed by atoms with Gasteiger partial charge in [0.15, 0.2) is 0 Å². The molecule has 1 fully saturated rings. The lowest BCUT2D eigenvalue weighted by Crippen LogP contribution is -2.30. The number of hydrogen-bond acceptors (Lipinski definition) is 4. The maximum absolute atomic E-state index is 13.1. The number of unbranched alkanes of at least 4 members (excludes halogenated alkanes) is 1. The largest absolute Gasteiger partial charge is 0.507 e. The summed E-state index contributed by atoms with van der Waals surface area (Å²) in [5, 5.41) is 11.6. The van der Waals surface area contributed by atoms with E-state index in [2.05, 4.69) is 13.8 Å². The van der Waals surface area contributed by atoms with Gasteiger partial charge < -0.3 is 14.7 Å². The Kier molecular flexibility index (Phi) is 7.62. The molecule has 1 N–H and O–H groups in total. The molecule has 2 aromatic rings. The van der Waals surface area contributed by atoms with E-state index in [0.717, 1.165) is 18.4 Å². The SMILES string of the molecule is CCCCN1C(=O)C(=O)/C(=C(\O)c2ccc(Cl)c(OCC)c2)C1c1ccc(C(C)C)cc1.